The van der Waals surface area contributed by atoms with Gasteiger partial charge in [0.05, 0.1) is 16.2 Å². The number of halogens is 2. The van der Waals surface area contributed by atoms with Crippen molar-refractivity contribution in [3.63, 3.8) is 0 Å². The van der Waals surface area contributed by atoms with Crippen LogP contribution in [0.3, 0.4) is 0 Å². The molecule has 0 aliphatic heterocycles. The molecule has 0 saturated heterocycles. The highest BCUT2D eigenvalue weighted by Gasteiger charge is 2.16. The number of nitrogens with one attached hydrogen (secondary N) is 2. The number of hydrogen-bond donors (Lipinski definition) is 2. The van der Waals surface area contributed by atoms with Crippen molar-refractivity contribution in [3.8, 4) is 11.3 Å². The number of amides is 1. The predicted molar refractivity (Wildman–Crippen MR) is 161 cm³/mol. The van der Waals surface area contributed by atoms with Crippen LogP contribution in [0.1, 0.15) is 21.5 Å². The van der Waals surface area contributed by atoms with E-state index in [4.69, 9.17) is 33.2 Å². The van der Waals surface area contributed by atoms with Gasteiger partial charge in [-0.3, -0.25) is 4.79 Å². The lowest BCUT2D eigenvalue weighted by molar-refractivity contribution is 0.102. The molecule has 5 aromatic rings. The fraction of sp³-hybridized carbons (Fsp3) is 0.129. The Kier molecular flexibility index (Phi) is 7.79. The number of hydrogen-bond acceptors (Lipinski definition) is 5. The molecule has 39 heavy (non-hydrogen) atoms. The molecule has 0 atom stereocenters. The van der Waals surface area contributed by atoms with E-state index in [0.717, 1.165) is 39.0 Å². The van der Waals surface area contributed by atoms with E-state index in [2.05, 4.69) is 15.5 Å². The number of aryl methyl sites for hydroxylation is 1. The quantitative estimate of drug-likeness (QED) is 0.213. The molecule has 1 aromatic heterocycles. The average Bonchev–Trinajstić information content (AvgIpc) is 2.92. The van der Waals surface area contributed by atoms with Crippen molar-refractivity contribution < 1.29 is 4.79 Å². The van der Waals surface area contributed by atoms with Crippen molar-refractivity contribution in [2.75, 3.05) is 24.7 Å². The summed E-state index contributed by atoms with van der Waals surface area (Å²) in [6.07, 6.45) is 0. The third-order valence-electron chi connectivity index (χ3n) is 6.25. The zero-order valence-corrected chi connectivity index (χ0v) is 23.3. The lowest BCUT2D eigenvalue weighted by Crippen LogP contribution is -2.16. The minimum atomic E-state index is -0.156. The van der Waals surface area contributed by atoms with Gasteiger partial charge in [-0.25, -0.2) is 9.97 Å². The van der Waals surface area contributed by atoms with Crippen molar-refractivity contribution >= 4 is 57.3 Å². The van der Waals surface area contributed by atoms with E-state index in [0.29, 0.717) is 33.8 Å². The largest absolute Gasteiger partial charge is 0.324 e. The van der Waals surface area contributed by atoms with E-state index in [1.165, 1.54) is 0 Å². The van der Waals surface area contributed by atoms with Crippen molar-refractivity contribution in [2.45, 2.75) is 13.5 Å². The maximum atomic E-state index is 12.8. The van der Waals surface area contributed by atoms with E-state index in [1.807, 2.05) is 81.7 Å². The van der Waals surface area contributed by atoms with Crippen LogP contribution < -0.4 is 10.6 Å². The number of nitrogens with zero attached hydrogens (tertiary/aromatic N) is 3. The Morgan fingerprint density at radius 3 is 2.38 bits per heavy atom. The van der Waals surface area contributed by atoms with Crippen LogP contribution in [0.4, 0.5) is 17.3 Å². The van der Waals surface area contributed by atoms with Crippen molar-refractivity contribution in [3.05, 3.63) is 112 Å². The Hall–Kier alpha value is -3.97. The minimum Gasteiger partial charge on any atom is -0.324 e. The summed E-state index contributed by atoms with van der Waals surface area (Å²) in [5, 5.41) is 8.48. The second-order valence-electron chi connectivity index (χ2n) is 9.54. The first-order valence-corrected chi connectivity index (χ1v) is 13.2. The van der Waals surface area contributed by atoms with Crippen LogP contribution >= 0.6 is 23.2 Å². The molecule has 0 unspecified atom stereocenters. The Morgan fingerprint density at radius 2 is 1.62 bits per heavy atom. The maximum absolute atomic E-state index is 12.8. The van der Waals surface area contributed by atoms with Gasteiger partial charge >= 0.3 is 0 Å². The maximum Gasteiger partial charge on any atom is 0.255 e. The number of para-hydroxylation sites is 1. The Bertz CT molecular complexity index is 1670. The summed E-state index contributed by atoms with van der Waals surface area (Å²) in [4.78, 5) is 24.6. The SMILES string of the molecule is Cc1cc(Nc2nc(-c3cc(Cl)ccc3Cl)c3ccccc3n2)c(CN(C)C)cc1NC(=O)c1ccccc1. The molecular weight excluding hydrogens is 529 g/mol. The van der Waals surface area contributed by atoms with Gasteiger partial charge in [-0.2, -0.15) is 0 Å². The molecule has 0 aliphatic rings. The molecular formula is C31H27Cl2N5O. The molecule has 8 heteroatoms. The lowest BCUT2D eigenvalue weighted by atomic mass is 10.1. The van der Waals surface area contributed by atoms with Gasteiger partial charge in [0.15, 0.2) is 0 Å². The van der Waals surface area contributed by atoms with Crippen LogP contribution in [0.5, 0.6) is 0 Å². The first-order valence-electron chi connectivity index (χ1n) is 12.4. The smallest absolute Gasteiger partial charge is 0.255 e. The topological polar surface area (TPSA) is 70.2 Å². The summed E-state index contributed by atoms with van der Waals surface area (Å²) >= 11 is 12.9. The van der Waals surface area contributed by atoms with Gasteiger partial charge in [-0.05, 0) is 80.7 Å². The second kappa shape index (κ2) is 11.4. The summed E-state index contributed by atoms with van der Waals surface area (Å²) in [6.45, 7) is 2.60. The number of carbonyl (C=O) groups is 1. The highest BCUT2D eigenvalue weighted by Crippen LogP contribution is 2.35. The van der Waals surface area contributed by atoms with Crippen LogP contribution in [-0.4, -0.2) is 34.9 Å². The van der Waals surface area contributed by atoms with Crippen molar-refractivity contribution in [2.24, 2.45) is 0 Å². The molecule has 2 N–H and O–H groups in total. The van der Waals surface area contributed by atoms with Gasteiger partial charge < -0.3 is 15.5 Å². The number of aromatic nitrogens is 2. The molecule has 0 aliphatic carbocycles. The average molecular weight is 556 g/mol. The molecule has 1 heterocycles. The first-order chi connectivity index (χ1) is 18.8. The number of rotatable bonds is 7. The molecule has 0 spiro atoms. The molecule has 196 valence electrons. The van der Waals surface area contributed by atoms with Gasteiger partial charge in [0.2, 0.25) is 5.95 Å². The number of anilines is 3. The van der Waals surface area contributed by atoms with E-state index >= 15 is 0 Å². The van der Waals surface area contributed by atoms with Gasteiger partial charge in [-0.1, -0.05) is 59.6 Å². The Balaban J connectivity index is 1.56. The third kappa shape index (κ3) is 6.04. The normalized spacial score (nSPS) is 11.1. The number of fused-ring (bicyclic) bond motifs is 1. The van der Waals surface area contributed by atoms with Crippen molar-refractivity contribution in [1.29, 1.82) is 0 Å². The monoisotopic (exact) mass is 555 g/mol. The zero-order valence-electron chi connectivity index (χ0n) is 21.8. The fourth-order valence-corrected chi connectivity index (χ4v) is 4.78. The third-order valence-corrected chi connectivity index (χ3v) is 6.82. The van der Waals surface area contributed by atoms with Crippen LogP contribution in [0.2, 0.25) is 10.0 Å². The van der Waals surface area contributed by atoms with E-state index < -0.39 is 0 Å². The summed E-state index contributed by atoms with van der Waals surface area (Å²) in [5.74, 6) is 0.274. The molecule has 6 nitrogen and oxygen atoms in total. The van der Waals surface area contributed by atoms with Crippen molar-refractivity contribution in [1.82, 2.24) is 14.9 Å². The first kappa shape index (κ1) is 26.6. The lowest BCUT2D eigenvalue weighted by Gasteiger charge is -2.19. The standard InChI is InChI=1S/C31H27Cl2N5O/c1-19-15-28(21(18-38(2)3)16-27(19)34-30(39)20-9-5-4-6-10-20)36-31-35-26-12-8-7-11-23(26)29(37-31)24-17-22(32)13-14-25(24)33/h4-17H,18H2,1-3H3,(H,34,39)(H,35,36,37). The highest BCUT2D eigenvalue weighted by atomic mass is 35.5. The van der Waals surface area contributed by atoms with Gasteiger partial charge in [0.1, 0.15) is 0 Å². The highest BCUT2D eigenvalue weighted by molar-refractivity contribution is 6.35. The van der Waals surface area contributed by atoms with Gasteiger partial charge in [0.25, 0.3) is 5.91 Å². The van der Waals surface area contributed by atoms with E-state index in [-0.39, 0.29) is 5.91 Å². The second-order valence-corrected chi connectivity index (χ2v) is 10.4. The van der Waals surface area contributed by atoms with Crippen LogP contribution in [0.25, 0.3) is 22.2 Å². The summed E-state index contributed by atoms with van der Waals surface area (Å²) < 4.78 is 0. The fourth-order valence-electron chi connectivity index (χ4n) is 4.40. The Labute approximate surface area is 237 Å². The van der Waals surface area contributed by atoms with Crippen LogP contribution in [0, 0.1) is 6.92 Å². The molecule has 1 amide bonds. The molecule has 0 bridgehead atoms. The van der Waals surface area contributed by atoms with Gasteiger partial charge in [0, 0.05) is 39.5 Å². The Morgan fingerprint density at radius 1 is 0.872 bits per heavy atom. The zero-order chi connectivity index (χ0) is 27.5. The molecule has 4 aromatic carbocycles. The number of carbonyl (C=O) groups excluding carboxylic acids is 1. The molecule has 0 radical (unpaired) electrons. The van der Waals surface area contributed by atoms with Gasteiger partial charge in [-0.15, -0.1) is 0 Å². The molecule has 0 saturated carbocycles. The predicted octanol–water partition coefficient (Wildman–Crippen LogP) is 7.97. The van der Waals surface area contributed by atoms with E-state index in [9.17, 15) is 4.79 Å². The summed E-state index contributed by atoms with van der Waals surface area (Å²) in [6, 6.07) is 26.3. The molecule has 0 fully saturated rings. The van der Waals surface area contributed by atoms with E-state index in [1.54, 1.807) is 24.3 Å². The number of benzene rings is 4. The molecule has 5 rings (SSSR count). The summed E-state index contributed by atoms with van der Waals surface area (Å²) in [5.41, 5.74) is 6.28. The van der Waals surface area contributed by atoms with Crippen LogP contribution in [-0.2, 0) is 6.54 Å². The minimum absolute atomic E-state index is 0.156. The van der Waals surface area contributed by atoms with Crippen LogP contribution in [0.15, 0.2) is 84.9 Å². The summed E-state index contributed by atoms with van der Waals surface area (Å²) in [7, 11) is 4.00.